The van der Waals surface area contributed by atoms with Crippen LogP contribution in [0.3, 0.4) is 0 Å². The van der Waals surface area contributed by atoms with Gasteiger partial charge < -0.3 is 10.0 Å². The first kappa shape index (κ1) is 16.1. The van der Waals surface area contributed by atoms with Crippen LogP contribution in [0.15, 0.2) is 0 Å². The molecule has 0 unspecified atom stereocenters. The second-order valence-electron chi connectivity index (χ2n) is 8.02. The summed E-state index contributed by atoms with van der Waals surface area (Å²) in [5.74, 6) is 0.237. The van der Waals surface area contributed by atoms with E-state index in [1.807, 2.05) is 4.90 Å². The highest BCUT2D eigenvalue weighted by Crippen LogP contribution is 2.45. The van der Waals surface area contributed by atoms with E-state index in [1.54, 1.807) is 0 Å². The second-order valence-corrected chi connectivity index (χ2v) is 8.02. The number of carbonyl (C=O) groups excluding carboxylic acids is 1. The number of carbonyl (C=O) groups is 1. The molecule has 2 heterocycles. The molecule has 3 aliphatic rings. The van der Waals surface area contributed by atoms with Gasteiger partial charge in [-0.25, -0.2) is 0 Å². The van der Waals surface area contributed by atoms with Gasteiger partial charge in [0.05, 0.1) is 11.8 Å². The van der Waals surface area contributed by atoms with Gasteiger partial charge in [0, 0.05) is 37.0 Å². The van der Waals surface area contributed by atoms with E-state index in [9.17, 15) is 9.90 Å². The number of aromatic nitrogens is 2. The Morgan fingerprint density at radius 1 is 1.25 bits per heavy atom. The number of fused-ring (bicyclic) bond motifs is 1. The zero-order chi connectivity index (χ0) is 16.6. The molecular formula is C19H29N3O2. The van der Waals surface area contributed by atoms with Gasteiger partial charge in [-0.15, -0.1) is 0 Å². The van der Waals surface area contributed by atoms with Crippen LogP contribution in [-0.2, 0) is 24.1 Å². The zero-order valence-electron chi connectivity index (χ0n) is 14.5. The molecule has 1 aromatic heterocycles. The van der Waals surface area contributed by atoms with Crippen LogP contribution in [0, 0.1) is 5.41 Å². The summed E-state index contributed by atoms with van der Waals surface area (Å²) in [5.41, 5.74) is 3.75. The molecule has 1 saturated carbocycles. The van der Waals surface area contributed by atoms with Gasteiger partial charge in [0.15, 0.2) is 0 Å². The first-order valence-corrected chi connectivity index (χ1v) is 9.69. The third kappa shape index (κ3) is 2.87. The smallest absolute Gasteiger partial charge is 0.222 e. The number of likely N-dealkylation sites (tertiary alicyclic amines) is 1. The van der Waals surface area contributed by atoms with Gasteiger partial charge in [-0.1, -0.05) is 6.42 Å². The van der Waals surface area contributed by atoms with Crippen LogP contribution in [-0.4, -0.2) is 45.3 Å². The number of hydrogen-bond acceptors (Lipinski definition) is 3. The lowest BCUT2D eigenvalue weighted by atomic mass is 9.76. The molecule has 2 aliphatic carbocycles. The lowest BCUT2D eigenvalue weighted by Crippen LogP contribution is -2.49. The molecular weight excluding hydrogens is 302 g/mol. The Labute approximate surface area is 143 Å². The molecule has 1 amide bonds. The summed E-state index contributed by atoms with van der Waals surface area (Å²) < 4.78 is 0. The van der Waals surface area contributed by atoms with E-state index in [1.165, 1.54) is 24.1 Å². The third-order valence-electron chi connectivity index (χ3n) is 6.54. The van der Waals surface area contributed by atoms with Crippen LogP contribution in [0.2, 0.25) is 0 Å². The molecule has 0 bridgehead atoms. The molecule has 0 radical (unpaired) electrons. The minimum atomic E-state index is -0.216. The number of nitrogens with one attached hydrogen (secondary N) is 1. The maximum Gasteiger partial charge on any atom is 0.222 e. The van der Waals surface area contributed by atoms with E-state index in [-0.39, 0.29) is 17.4 Å². The van der Waals surface area contributed by atoms with Crippen molar-refractivity contribution in [1.29, 1.82) is 0 Å². The standard InChI is InChI=1S/C19H29N3O2/c23-17-7-3-10-19(17)11-4-12-22(13-19)18(24)9-8-16-14-5-1-2-6-15(14)20-21-16/h17,23H,1-13H2,(H,20,21)/t17-,19+/m1/s1. The normalized spacial score (nSPS) is 29.9. The zero-order valence-corrected chi connectivity index (χ0v) is 14.5. The number of aliphatic hydroxyl groups excluding tert-OH is 1. The average molecular weight is 331 g/mol. The molecule has 1 spiro atoms. The van der Waals surface area contributed by atoms with Gasteiger partial charge >= 0.3 is 0 Å². The lowest BCUT2D eigenvalue weighted by Gasteiger charge is -2.42. The van der Waals surface area contributed by atoms with Gasteiger partial charge in [0.2, 0.25) is 5.91 Å². The van der Waals surface area contributed by atoms with Crippen LogP contribution in [0.5, 0.6) is 0 Å². The minimum Gasteiger partial charge on any atom is -0.392 e. The number of aromatic amines is 1. The molecule has 132 valence electrons. The summed E-state index contributed by atoms with van der Waals surface area (Å²) in [4.78, 5) is 14.7. The molecule has 4 rings (SSSR count). The van der Waals surface area contributed by atoms with Crippen LogP contribution in [0.4, 0.5) is 0 Å². The van der Waals surface area contributed by atoms with E-state index in [0.29, 0.717) is 6.42 Å². The van der Waals surface area contributed by atoms with Crippen molar-refractivity contribution in [3.8, 4) is 0 Å². The fraction of sp³-hybridized carbons (Fsp3) is 0.789. The monoisotopic (exact) mass is 331 g/mol. The third-order valence-corrected chi connectivity index (χ3v) is 6.54. The number of rotatable bonds is 3. The minimum absolute atomic E-state index is 0.0145. The fourth-order valence-electron chi connectivity index (χ4n) is 5.11. The van der Waals surface area contributed by atoms with Crippen LogP contribution >= 0.6 is 0 Å². The van der Waals surface area contributed by atoms with Gasteiger partial charge in [-0.2, -0.15) is 5.10 Å². The molecule has 5 nitrogen and oxygen atoms in total. The number of hydrogen-bond donors (Lipinski definition) is 2. The second kappa shape index (κ2) is 6.51. The maximum absolute atomic E-state index is 12.7. The van der Waals surface area contributed by atoms with Crippen molar-refractivity contribution in [2.45, 2.75) is 76.7 Å². The van der Waals surface area contributed by atoms with Crippen molar-refractivity contribution in [2.75, 3.05) is 13.1 Å². The lowest BCUT2D eigenvalue weighted by molar-refractivity contribution is -0.136. The van der Waals surface area contributed by atoms with E-state index in [0.717, 1.165) is 70.2 Å². The quantitative estimate of drug-likeness (QED) is 0.893. The van der Waals surface area contributed by atoms with Gasteiger partial charge in [-0.05, 0) is 56.9 Å². The molecule has 5 heteroatoms. The van der Waals surface area contributed by atoms with Crippen molar-refractivity contribution in [3.05, 3.63) is 17.0 Å². The summed E-state index contributed by atoms with van der Waals surface area (Å²) in [6.07, 6.45) is 10.9. The van der Waals surface area contributed by atoms with E-state index in [2.05, 4.69) is 10.2 Å². The molecule has 2 atom stereocenters. The largest absolute Gasteiger partial charge is 0.392 e. The van der Waals surface area contributed by atoms with Gasteiger partial charge in [0.25, 0.3) is 0 Å². The summed E-state index contributed by atoms with van der Waals surface area (Å²) in [7, 11) is 0. The number of H-pyrrole nitrogens is 1. The topological polar surface area (TPSA) is 69.2 Å². The fourth-order valence-corrected chi connectivity index (χ4v) is 5.11. The van der Waals surface area contributed by atoms with Crippen molar-refractivity contribution in [1.82, 2.24) is 15.1 Å². The number of aryl methyl sites for hydroxylation is 2. The Morgan fingerprint density at radius 3 is 2.92 bits per heavy atom. The highest BCUT2D eigenvalue weighted by atomic mass is 16.3. The number of aliphatic hydroxyl groups is 1. The number of amides is 1. The van der Waals surface area contributed by atoms with Crippen LogP contribution in [0.1, 0.15) is 68.3 Å². The first-order valence-electron chi connectivity index (χ1n) is 9.69. The molecule has 1 saturated heterocycles. The highest BCUT2D eigenvalue weighted by molar-refractivity contribution is 5.76. The van der Waals surface area contributed by atoms with E-state index in [4.69, 9.17) is 0 Å². The molecule has 1 aromatic rings. The van der Waals surface area contributed by atoms with Crippen molar-refractivity contribution < 1.29 is 9.90 Å². The predicted octanol–water partition coefficient (Wildman–Crippen LogP) is 2.37. The molecule has 2 fully saturated rings. The van der Waals surface area contributed by atoms with Crippen molar-refractivity contribution in [3.63, 3.8) is 0 Å². The average Bonchev–Trinajstić information content (AvgIpc) is 3.17. The number of nitrogens with zero attached hydrogens (tertiary/aromatic N) is 2. The molecule has 24 heavy (non-hydrogen) atoms. The van der Waals surface area contributed by atoms with Gasteiger partial charge in [-0.3, -0.25) is 9.89 Å². The van der Waals surface area contributed by atoms with Crippen LogP contribution in [0.25, 0.3) is 0 Å². The van der Waals surface area contributed by atoms with Crippen LogP contribution < -0.4 is 0 Å². The van der Waals surface area contributed by atoms with Gasteiger partial charge in [0.1, 0.15) is 0 Å². The Morgan fingerprint density at radius 2 is 2.08 bits per heavy atom. The Hall–Kier alpha value is -1.36. The molecule has 1 aliphatic heterocycles. The Bertz CT molecular complexity index is 612. The van der Waals surface area contributed by atoms with Crippen molar-refractivity contribution in [2.24, 2.45) is 5.41 Å². The predicted molar refractivity (Wildman–Crippen MR) is 91.7 cm³/mol. The summed E-state index contributed by atoms with van der Waals surface area (Å²) in [5, 5.41) is 18.0. The Kier molecular flexibility index (Phi) is 4.37. The number of piperidine rings is 1. The van der Waals surface area contributed by atoms with E-state index < -0.39 is 0 Å². The summed E-state index contributed by atoms with van der Waals surface area (Å²) in [6.45, 7) is 1.61. The molecule has 2 N–H and O–H groups in total. The molecule has 0 aromatic carbocycles. The maximum atomic E-state index is 12.7. The SMILES string of the molecule is O=C(CCc1n[nH]c2c1CCCC2)N1CCC[C@@]2(CCC[C@H]2O)C1. The van der Waals surface area contributed by atoms with Crippen molar-refractivity contribution >= 4 is 5.91 Å². The first-order chi connectivity index (χ1) is 11.7. The van der Waals surface area contributed by atoms with E-state index >= 15 is 0 Å². The highest BCUT2D eigenvalue weighted by Gasteiger charge is 2.45. The summed E-state index contributed by atoms with van der Waals surface area (Å²) in [6, 6.07) is 0. The summed E-state index contributed by atoms with van der Waals surface area (Å²) >= 11 is 0. The Balaban J connectivity index is 1.37.